The molecule has 2 N–H and O–H groups in total. The summed E-state index contributed by atoms with van der Waals surface area (Å²) in [5.74, 6) is -0.966. The van der Waals surface area contributed by atoms with E-state index in [1.165, 1.54) is 12.1 Å². The fourth-order valence-electron chi connectivity index (χ4n) is 2.14. The van der Waals surface area contributed by atoms with Gasteiger partial charge in [0.2, 0.25) is 0 Å². The summed E-state index contributed by atoms with van der Waals surface area (Å²) in [5.41, 5.74) is 6.36. The molecule has 1 unspecified atom stereocenters. The second-order valence-electron chi connectivity index (χ2n) is 4.38. The van der Waals surface area contributed by atoms with Crippen molar-refractivity contribution in [3.05, 3.63) is 29.3 Å². The van der Waals surface area contributed by atoms with Crippen molar-refractivity contribution in [2.75, 3.05) is 18.0 Å². The maximum Gasteiger partial charge on any atom is 0.152 e. The van der Waals surface area contributed by atoms with Crippen molar-refractivity contribution in [3.8, 4) is 0 Å². The molecule has 2 rings (SSSR count). The summed E-state index contributed by atoms with van der Waals surface area (Å²) in [6.07, 6.45) is 1.81. The molecule has 16 heavy (non-hydrogen) atoms. The Morgan fingerprint density at radius 3 is 2.81 bits per heavy atom. The van der Waals surface area contributed by atoms with E-state index in [1.54, 1.807) is 11.8 Å². The number of rotatable bonds is 1. The number of hydrogen-bond donors (Lipinski definition) is 1. The Hall–Kier alpha value is -1.16. The Kier molecular flexibility index (Phi) is 3.10. The van der Waals surface area contributed by atoms with Gasteiger partial charge in [-0.15, -0.1) is 0 Å². The smallest absolute Gasteiger partial charge is 0.152 e. The Bertz CT molecular complexity index is 393. The topological polar surface area (TPSA) is 29.3 Å². The molecule has 1 saturated heterocycles. The molecule has 0 radical (unpaired) electrons. The highest BCUT2D eigenvalue weighted by atomic mass is 19.1. The molecule has 1 atom stereocenters. The molecule has 0 bridgehead atoms. The minimum absolute atomic E-state index is 0.00747. The highest BCUT2D eigenvalue weighted by molar-refractivity contribution is 5.52. The minimum atomic E-state index is -0.503. The Balaban J connectivity index is 2.35. The number of halogens is 2. The lowest BCUT2D eigenvalue weighted by Crippen LogP contribution is -2.43. The molecule has 1 aliphatic heterocycles. The van der Waals surface area contributed by atoms with E-state index in [2.05, 4.69) is 0 Å². The quantitative estimate of drug-likeness (QED) is 0.795. The van der Waals surface area contributed by atoms with E-state index in [0.717, 1.165) is 12.8 Å². The number of nitrogens with two attached hydrogens (primary N) is 1. The average Bonchev–Trinajstić information content (AvgIpc) is 2.24. The molecule has 0 saturated carbocycles. The molecular weight excluding hydrogens is 210 g/mol. The second-order valence-corrected chi connectivity index (χ2v) is 4.38. The van der Waals surface area contributed by atoms with Crippen LogP contribution in [0.1, 0.15) is 18.4 Å². The molecule has 2 nitrogen and oxygen atoms in total. The first-order valence-corrected chi connectivity index (χ1v) is 5.54. The molecule has 0 aromatic heterocycles. The summed E-state index contributed by atoms with van der Waals surface area (Å²) < 4.78 is 27.5. The molecule has 0 spiro atoms. The maximum absolute atomic E-state index is 13.9. The van der Waals surface area contributed by atoms with E-state index >= 15 is 0 Å². The monoisotopic (exact) mass is 226 g/mol. The van der Waals surface area contributed by atoms with Crippen LogP contribution in [-0.4, -0.2) is 19.1 Å². The SMILES string of the molecule is Cc1ccc(F)c(N2CCCC(N)C2)c1F. The summed E-state index contributed by atoms with van der Waals surface area (Å²) in [4.78, 5) is 1.71. The van der Waals surface area contributed by atoms with Crippen LogP contribution in [0, 0.1) is 18.6 Å². The van der Waals surface area contributed by atoms with Crippen LogP contribution in [0.4, 0.5) is 14.5 Å². The van der Waals surface area contributed by atoms with Crippen LogP contribution in [0.15, 0.2) is 12.1 Å². The summed E-state index contributed by atoms with van der Waals surface area (Å²) in [6, 6.07) is 2.78. The number of hydrogen-bond acceptors (Lipinski definition) is 2. The zero-order valence-corrected chi connectivity index (χ0v) is 9.34. The van der Waals surface area contributed by atoms with Crippen molar-refractivity contribution in [2.45, 2.75) is 25.8 Å². The van der Waals surface area contributed by atoms with E-state index in [4.69, 9.17) is 5.73 Å². The number of aryl methyl sites for hydroxylation is 1. The largest absolute Gasteiger partial charge is 0.365 e. The minimum Gasteiger partial charge on any atom is -0.365 e. The molecule has 4 heteroatoms. The molecule has 0 amide bonds. The van der Waals surface area contributed by atoms with E-state index in [1.807, 2.05) is 0 Å². The van der Waals surface area contributed by atoms with Crippen molar-refractivity contribution in [3.63, 3.8) is 0 Å². The Labute approximate surface area is 94.0 Å². The van der Waals surface area contributed by atoms with E-state index in [0.29, 0.717) is 18.7 Å². The fraction of sp³-hybridized carbons (Fsp3) is 0.500. The number of nitrogens with zero attached hydrogens (tertiary/aromatic N) is 1. The first kappa shape index (κ1) is 11.3. The van der Waals surface area contributed by atoms with Crippen LogP contribution < -0.4 is 10.6 Å². The molecule has 0 aliphatic carbocycles. The van der Waals surface area contributed by atoms with Crippen LogP contribution in [0.25, 0.3) is 0 Å². The van der Waals surface area contributed by atoms with Crippen LogP contribution in [0.2, 0.25) is 0 Å². The van der Waals surface area contributed by atoms with Gasteiger partial charge in [0.15, 0.2) is 5.82 Å². The zero-order chi connectivity index (χ0) is 11.7. The van der Waals surface area contributed by atoms with E-state index < -0.39 is 11.6 Å². The lowest BCUT2D eigenvalue weighted by molar-refractivity contribution is 0.485. The van der Waals surface area contributed by atoms with Crippen LogP contribution in [-0.2, 0) is 0 Å². The highest BCUT2D eigenvalue weighted by Gasteiger charge is 2.23. The third-order valence-corrected chi connectivity index (χ3v) is 3.03. The van der Waals surface area contributed by atoms with Gasteiger partial charge >= 0.3 is 0 Å². The lowest BCUT2D eigenvalue weighted by atomic mass is 10.0. The van der Waals surface area contributed by atoms with Crippen molar-refractivity contribution < 1.29 is 8.78 Å². The Morgan fingerprint density at radius 2 is 2.12 bits per heavy atom. The molecule has 1 aromatic rings. The average molecular weight is 226 g/mol. The van der Waals surface area contributed by atoms with Crippen LogP contribution in [0.3, 0.4) is 0 Å². The predicted octanol–water partition coefficient (Wildman–Crippen LogP) is 2.20. The summed E-state index contributed by atoms with van der Waals surface area (Å²) in [6.45, 7) is 2.84. The van der Waals surface area contributed by atoms with Gasteiger partial charge in [0.1, 0.15) is 11.5 Å². The molecule has 1 heterocycles. The van der Waals surface area contributed by atoms with Gasteiger partial charge in [0.25, 0.3) is 0 Å². The van der Waals surface area contributed by atoms with Crippen LogP contribution >= 0.6 is 0 Å². The van der Waals surface area contributed by atoms with E-state index in [-0.39, 0.29) is 11.7 Å². The molecule has 1 aromatic carbocycles. The van der Waals surface area contributed by atoms with Crippen molar-refractivity contribution >= 4 is 5.69 Å². The van der Waals surface area contributed by atoms with Gasteiger partial charge in [0.05, 0.1) is 0 Å². The number of benzene rings is 1. The second kappa shape index (κ2) is 4.37. The van der Waals surface area contributed by atoms with Gasteiger partial charge in [-0.1, -0.05) is 6.07 Å². The molecule has 1 aliphatic rings. The molecule has 88 valence electrons. The van der Waals surface area contributed by atoms with Gasteiger partial charge in [-0.25, -0.2) is 8.78 Å². The standard InChI is InChI=1S/C12H16F2N2/c1-8-4-5-10(13)12(11(8)14)16-6-2-3-9(15)7-16/h4-5,9H,2-3,6-7,15H2,1H3. The Morgan fingerprint density at radius 1 is 1.38 bits per heavy atom. The van der Waals surface area contributed by atoms with Crippen molar-refractivity contribution in [2.24, 2.45) is 5.73 Å². The summed E-state index contributed by atoms with van der Waals surface area (Å²) in [7, 11) is 0. The van der Waals surface area contributed by atoms with Gasteiger partial charge in [0, 0.05) is 19.1 Å². The number of piperidine rings is 1. The predicted molar refractivity (Wildman–Crippen MR) is 60.5 cm³/mol. The summed E-state index contributed by atoms with van der Waals surface area (Å²) in [5, 5.41) is 0. The van der Waals surface area contributed by atoms with Gasteiger partial charge < -0.3 is 10.6 Å². The number of anilines is 1. The van der Waals surface area contributed by atoms with Crippen molar-refractivity contribution in [1.82, 2.24) is 0 Å². The molecule has 1 fully saturated rings. The third kappa shape index (κ3) is 2.02. The molecular formula is C12H16F2N2. The first-order chi connectivity index (χ1) is 7.59. The van der Waals surface area contributed by atoms with Gasteiger partial charge in [-0.3, -0.25) is 0 Å². The van der Waals surface area contributed by atoms with Gasteiger partial charge in [-0.2, -0.15) is 0 Å². The zero-order valence-electron chi connectivity index (χ0n) is 9.34. The highest BCUT2D eigenvalue weighted by Crippen LogP contribution is 2.27. The lowest BCUT2D eigenvalue weighted by Gasteiger charge is -2.33. The normalized spacial score (nSPS) is 21.2. The third-order valence-electron chi connectivity index (χ3n) is 3.03. The fourth-order valence-corrected chi connectivity index (χ4v) is 2.14. The summed E-state index contributed by atoms with van der Waals surface area (Å²) >= 11 is 0. The van der Waals surface area contributed by atoms with Crippen LogP contribution in [0.5, 0.6) is 0 Å². The van der Waals surface area contributed by atoms with Crippen molar-refractivity contribution in [1.29, 1.82) is 0 Å². The van der Waals surface area contributed by atoms with Gasteiger partial charge in [-0.05, 0) is 31.4 Å². The van der Waals surface area contributed by atoms with E-state index in [9.17, 15) is 8.78 Å². The first-order valence-electron chi connectivity index (χ1n) is 5.54. The maximum atomic E-state index is 13.9.